The number of pyridine rings is 1. The molecule has 0 saturated carbocycles. The van der Waals surface area contributed by atoms with E-state index in [0.29, 0.717) is 17.4 Å². The van der Waals surface area contributed by atoms with E-state index in [4.69, 9.17) is 21.1 Å². The molecule has 0 amide bonds. The summed E-state index contributed by atoms with van der Waals surface area (Å²) in [5.41, 5.74) is 1.77. The molecular formula is C14H15ClN2O2. The molecule has 0 fully saturated rings. The molecule has 2 rings (SSSR count). The van der Waals surface area contributed by atoms with E-state index in [1.807, 2.05) is 24.3 Å². The Morgan fingerprint density at radius 1 is 1.21 bits per heavy atom. The lowest BCUT2D eigenvalue weighted by atomic mass is 10.2. The summed E-state index contributed by atoms with van der Waals surface area (Å²) in [6.45, 7) is 0.573. The lowest BCUT2D eigenvalue weighted by Gasteiger charge is -2.11. The highest BCUT2D eigenvalue weighted by molar-refractivity contribution is 6.33. The number of aromatic nitrogens is 1. The first-order valence-corrected chi connectivity index (χ1v) is 6.17. The van der Waals surface area contributed by atoms with E-state index in [2.05, 4.69) is 10.3 Å². The van der Waals surface area contributed by atoms with Crippen molar-refractivity contribution in [3.63, 3.8) is 0 Å². The van der Waals surface area contributed by atoms with E-state index in [0.717, 1.165) is 17.0 Å². The van der Waals surface area contributed by atoms with Crippen molar-refractivity contribution in [3.8, 4) is 11.6 Å². The van der Waals surface area contributed by atoms with Crippen LogP contribution in [0.15, 0.2) is 36.5 Å². The third kappa shape index (κ3) is 3.29. The molecule has 0 bridgehead atoms. The molecule has 5 heteroatoms. The first-order valence-electron chi connectivity index (χ1n) is 5.80. The predicted octanol–water partition coefficient (Wildman–Crippen LogP) is 3.36. The summed E-state index contributed by atoms with van der Waals surface area (Å²) in [7, 11) is 3.22. The second kappa shape index (κ2) is 6.29. The highest BCUT2D eigenvalue weighted by Crippen LogP contribution is 2.27. The Morgan fingerprint density at radius 2 is 2.05 bits per heavy atom. The van der Waals surface area contributed by atoms with Gasteiger partial charge >= 0.3 is 0 Å². The minimum absolute atomic E-state index is 0.573. The summed E-state index contributed by atoms with van der Waals surface area (Å²) in [5.74, 6) is 1.36. The van der Waals surface area contributed by atoms with Gasteiger partial charge in [0.1, 0.15) is 5.75 Å². The van der Waals surface area contributed by atoms with Gasteiger partial charge < -0.3 is 14.8 Å². The molecular weight excluding hydrogens is 264 g/mol. The van der Waals surface area contributed by atoms with Gasteiger partial charge in [0.05, 0.1) is 24.9 Å². The molecule has 4 nitrogen and oxygen atoms in total. The molecule has 0 aliphatic heterocycles. The van der Waals surface area contributed by atoms with Gasteiger partial charge in [0, 0.05) is 24.4 Å². The highest BCUT2D eigenvalue weighted by atomic mass is 35.5. The molecule has 0 aliphatic rings. The summed E-state index contributed by atoms with van der Waals surface area (Å²) in [6.07, 6.45) is 1.70. The Balaban J connectivity index is 2.14. The molecule has 0 spiro atoms. The van der Waals surface area contributed by atoms with E-state index in [1.165, 1.54) is 0 Å². The molecule has 1 N–H and O–H groups in total. The molecule has 1 aromatic carbocycles. The highest BCUT2D eigenvalue weighted by Gasteiger charge is 2.06. The maximum Gasteiger partial charge on any atom is 0.218 e. The van der Waals surface area contributed by atoms with Gasteiger partial charge in [-0.05, 0) is 18.2 Å². The monoisotopic (exact) mass is 278 g/mol. The van der Waals surface area contributed by atoms with Gasteiger partial charge in [-0.25, -0.2) is 4.98 Å². The number of hydrogen-bond donors (Lipinski definition) is 1. The molecule has 0 saturated heterocycles. The van der Waals surface area contributed by atoms with Crippen LogP contribution in [0.1, 0.15) is 5.56 Å². The fourth-order valence-corrected chi connectivity index (χ4v) is 1.88. The van der Waals surface area contributed by atoms with E-state index in [1.54, 1.807) is 26.5 Å². The number of hydrogen-bond acceptors (Lipinski definition) is 4. The standard InChI is InChI=1S/C14H15ClN2O2/c1-18-11-5-6-12(15)13(8-11)17-9-10-4-3-7-16-14(10)19-2/h3-8,17H,9H2,1-2H3. The maximum absolute atomic E-state index is 6.13. The second-order valence-corrected chi connectivity index (χ2v) is 4.28. The number of anilines is 1. The lowest BCUT2D eigenvalue weighted by molar-refractivity contribution is 0.393. The van der Waals surface area contributed by atoms with Crippen LogP contribution >= 0.6 is 11.6 Å². The summed E-state index contributed by atoms with van der Waals surface area (Å²) in [4.78, 5) is 4.15. The van der Waals surface area contributed by atoms with E-state index < -0.39 is 0 Å². The van der Waals surface area contributed by atoms with Crippen LogP contribution in [0.5, 0.6) is 11.6 Å². The van der Waals surface area contributed by atoms with Crippen molar-refractivity contribution >= 4 is 17.3 Å². The average Bonchev–Trinajstić information content (AvgIpc) is 2.46. The van der Waals surface area contributed by atoms with Gasteiger partial charge in [0.2, 0.25) is 5.88 Å². The van der Waals surface area contributed by atoms with Crippen LogP contribution in [0.25, 0.3) is 0 Å². The maximum atomic E-state index is 6.13. The van der Waals surface area contributed by atoms with Crippen LogP contribution in [-0.2, 0) is 6.54 Å². The Hall–Kier alpha value is -1.94. The van der Waals surface area contributed by atoms with Crippen LogP contribution in [0.4, 0.5) is 5.69 Å². The zero-order valence-electron chi connectivity index (χ0n) is 10.8. The first-order chi connectivity index (χ1) is 9.24. The third-order valence-electron chi connectivity index (χ3n) is 2.69. The van der Waals surface area contributed by atoms with E-state index in [-0.39, 0.29) is 0 Å². The van der Waals surface area contributed by atoms with Gasteiger partial charge in [-0.1, -0.05) is 17.7 Å². The van der Waals surface area contributed by atoms with Crippen molar-refractivity contribution in [2.75, 3.05) is 19.5 Å². The van der Waals surface area contributed by atoms with Crippen molar-refractivity contribution < 1.29 is 9.47 Å². The zero-order valence-corrected chi connectivity index (χ0v) is 11.6. The summed E-state index contributed by atoms with van der Waals surface area (Å²) >= 11 is 6.13. The van der Waals surface area contributed by atoms with Gasteiger partial charge in [0.15, 0.2) is 0 Å². The lowest BCUT2D eigenvalue weighted by Crippen LogP contribution is -2.03. The number of benzene rings is 1. The Labute approximate surface area is 117 Å². The minimum Gasteiger partial charge on any atom is -0.497 e. The normalized spacial score (nSPS) is 10.1. The van der Waals surface area contributed by atoms with Gasteiger partial charge in [-0.2, -0.15) is 0 Å². The fraction of sp³-hybridized carbons (Fsp3) is 0.214. The summed E-state index contributed by atoms with van der Waals surface area (Å²) in [5, 5.41) is 3.89. The second-order valence-electron chi connectivity index (χ2n) is 3.87. The van der Waals surface area contributed by atoms with Crippen LogP contribution in [0.3, 0.4) is 0 Å². The third-order valence-corrected chi connectivity index (χ3v) is 3.02. The fourth-order valence-electron chi connectivity index (χ4n) is 1.70. The van der Waals surface area contributed by atoms with E-state index >= 15 is 0 Å². The topological polar surface area (TPSA) is 43.4 Å². The smallest absolute Gasteiger partial charge is 0.218 e. The van der Waals surface area contributed by atoms with Crippen molar-refractivity contribution in [2.45, 2.75) is 6.54 Å². The van der Waals surface area contributed by atoms with Crippen LogP contribution in [-0.4, -0.2) is 19.2 Å². The predicted molar refractivity (Wildman–Crippen MR) is 76.1 cm³/mol. The van der Waals surface area contributed by atoms with Gasteiger partial charge in [-0.15, -0.1) is 0 Å². The van der Waals surface area contributed by atoms with Gasteiger partial charge in [-0.3, -0.25) is 0 Å². The molecule has 19 heavy (non-hydrogen) atoms. The molecule has 0 aliphatic carbocycles. The number of ether oxygens (including phenoxy) is 2. The van der Waals surface area contributed by atoms with Crippen LogP contribution in [0.2, 0.25) is 5.02 Å². The molecule has 0 radical (unpaired) electrons. The number of rotatable bonds is 5. The first kappa shape index (κ1) is 13.5. The number of halogens is 1. The molecule has 100 valence electrons. The van der Waals surface area contributed by atoms with Crippen molar-refractivity contribution in [3.05, 3.63) is 47.1 Å². The Morgan fingerprint density at radius 3 is 2.79 bits per heavy atom. The summed E-state index contributed by atoms with van der Waals surface area (Å²) in [6, 6.07) is 9.28. The number of methoxy groups -OCH3 is 2. The summed E-state index contributed by atoms with van der Waals surface area (Å²) < 4.78 is 10.4. The number of nitrogens with one attached hydrogen (secondary N) is 1. The quantitative estimate of drug-likeness (QED) is 0.911. The van der Waals surface area contributed by atoms with Crippen molar-refractivity contribution in [1.82, 2.24) is 4.98 Å². The Bertz CT molecular complexity index is 561. The van der Waals surface area contributed by atoms with Crippen LogP contribution in [0, 0.1) is 0 Å². The SMILES string of the molecule is COc1ccc(Cl)c(NCc2cccnc2OC)c1. The Kier molecular flexibility index (Phi) is 4.47. The molecule has 0 unspecified atom stereocenters. The molecule has 2 aromatic rings. The van der Waals surface area contributed by atoms with Crippen LogP contribution < -0.4 is 14.8 Å². The number of nitrogens with zero attached hydrogens (tertiary/aromatic N) is 1. The minimum atomic E-state index is 0.573. The molecule has 1 heterocycles. The molecule has 1 aromatic heterocycles. The largest absolute Gasteiger partial charge is 0.497 e. The van der Waals surface area contributed by atoms with Crippen molar-refractivity contribution in [1.29, 1.82) is 0 Å². The van der Waals surface area contributed by atoms with E-state index in [9.17, 15) is 0 Å². The average molecular weight is 279 g/mol. The van der Waals surface area contributed by atoms with Crippen molar-refractivity contribution in [2.24, 2.45) is 0 Å². The zero-order chi connectivity index (χ0) is 13.7. The molecule has 0 atom stereocenters. The van der Waals surface area contributed by atoms with Gasteiger partial charge in [0.25, 0.3) is 0 Å².